The Kier molecular flexibility index (Phi) is 5.71. The fraction of sp³-hybridized carbons (Fsp3) is 0.222. The molecule has 26 heavy (non-hydrogen) atoms. The van der Waals surface area contributed by atoms with Gasteiger partial charge in [0.05, 0.1) is 23.8 Å². The molecule has 0 atom stereocenters. The van der Waals surface area contributed by atoms with E-state index in [1.165, 1.54) is 23.1 Å². The van der Waals surface area contributed by atoms with Crippen LogP contribution in [0.5, 0.6) is 0 Å². The first-order chi connectivity index (χ1) is 12.6. The maximum atomic E-state index is 12.5. The summed E-state index contributed by atoms with van der Waals surface area (Å²) in [6.07, 6.45) is 0.343. The molecule has 0 unspecified atom stereocenters. The summed E-state index contributed by atoms with van der Waals surface area (Å²) in [6, 6.07) is 11.1. The van der Waals surface area contributed by atoms with Crippen LogP contribution in [0.15, 0.2) is 45.7 Å². The van der Waals surface area contributed by atoms with E-state index >= 15 is 0 Å². The maximum Gasteiger partial charge on any atom is 0.272 e. The first-order valence-corrected chi connectivity index (χ1v) is 9.85. The van der Waals surface area contributed by atoms with E-state index in [0.717, 1.165) is 5.56 Å². The number of benzene rings is 1. The van der Waals surface area contributed by atoms with E-state index in [9.17, 15) is 9.59 Å². The van der Waals surface area contributed by atoms with Crippen LogP contribution in [0.3, 0.4) is 0 Å². The maximum absolute atomic E-state index is 12.5. The highest BCUT2D eigenvalue weighted by molar-refractivity contribution is 7.99. The minimum absolute atomic E-state index is 0.0662. The third kappa shape index (κ3) is 3.95. The zero-order valence-corrected chi connectivity index (χ0v) is 15.7. The van der Waals surface area contributed by atoms with Gasteiger partial charge in [-0.05, 0) is 36.1 Å². The molecule has 6 nitrogen and oxygen atoms in total. The SMILES string of the molecule is CCn1c(SCC(=O)Nc2ccc(CC#N)cc2)nc2ccsc2c1=O. The monoisotopic (exact) mass is 384 g/mol. The number of carbonyl (C=O) groups excluding carboxylic acids is 1. The summed E-state index contributed by atoms with van der Waals surface area (Å²) in [6.45, 7) is 2.39. The Labute approximate surface area is 158 Å². The average molecular weight is 384 g/mol. The van der Waals surface area contributed by atoms with E-state index < -0.39 is 0 Å². The van der Waals surface area contributed by atoms with Crippen molar-refractivity contribution in [2.75, 3.05) is 11.1 Å². The van der Waals surface area contributed by atoms with Gasteiger partial charge in [-0.25, -0.2) is 4.98 Å². The normalized spacial score (nSPS) is 10.6. The van der Waals surface area contributed by atoms with Crippen molar-refractivity contribution in [3.63, 3.8) is 0 Å². The van der Waals surface area contributed by atoms with Crippen LogP contribution in [-0.2, 0) is 17.8 Å². The first kappa shape index (κ1) is 18.2. The molecule has 2 heterocycles. The van der Waals surface area contributed by atoms with Gasteiger partial charge >= 0.3 is 0 Å². The highest BCUT2D eigenvalue weighted by Gasteiger charge is 2.13. The summed E-state index contributed by atoms with van der Waals surface area (Å²) in [4.78, 5) is 29.2. The van der Waals surface area contributed by atoms with E-state index in [2.05, 4.69) is 16.4 Å². The molecule has 0 spiro atoms. The molecule has 0 saturated carbocycles. The zero-order chi connectivity index (χ0) is 18.5. The van der Waals surface area contributed by atoms with Gasteiger partial charge in [0.15, 0.2) is 5.16 Å². The standard InChI is InChI=1S/C18H16N4O2S2/c1-2-22-17(24)16-14(8-10-25-16)21-18(22)26-11-15(23)20-13-5-3-12(4-6-13)7-9-19/h3-6,8,10H,2,7,11H2,1H3,(H,20,23). The van der Waals surface area contributed by atoms with Crippen LogP contribution in [0.25, 0.3) is 10.2 Å². The Balaban J connectivity index is 1.68. The number of carbonyl (C=O) groups is 1. The number of thioether (sulfide) groups is 1. The number of nitriles is 1. The van der Waals surface area contributed by atoms with E-state index in [1.54, 1.807) is 16.7 Å². The van der Waals surface area contributed by atoms with Crippen LogP contribution < -0.4 is 10.9 Å². The Morgan fingerprint density at radius 1 is 1.35 bits per heavy atom. The fourth-order valence-corrected chi connectivity index (χ4v) is 4.08. The number of hydrogen-bond donors (Lipinski definition) is 1. The molecule has 1 aromatic carbocycles. The molecule has 8 heteroatoms. The van der Waals surface area contributed by atoms with Gasteiger partial charge in [-0.1, -0.05) is 23.9 Å². The van der Waals surface area contributed by atoms with E-state index in [0.29, 0.717) is 34.0 Å². The van der Waals surface area contributed by atoms with Crippen LogP contribution in [0.2, 0.25) is 0 Å². The Morgan fingerprint density at radius 3 is 2.81 bits per heavy atom. The minimum Gasteiger partial charge on any atom is -0.325 e. The van der Waals surface area contributed by atoms with Gasteiger partial charge in [-0.15, -0.1) is 11.3 Å². The van der Waals surface area contributed by atoms with Crippen LogP contribution in [0.1, 0.15) is 12.5 Å². The number of aromatic nitrogens is 2. The molecule has 0 saturated heterocycles. The largest absolute Gasteiger partial charge is 0.325 e. The predicted molar refractivity (Wildman–Crippen MR) is 105 cm³/mol. The van der Waals surface area contributed by atoms with Crippen molar-refractivity contribution < 1.29 is 4.79 Å². The van der Waals surface area contributed by atoms with Gasteiger partial charge in [0, 0.05) is 12.2 Å². The quantitative estimate of drug-likeness (QED) is 0.520. The lowest BCUT2D eigenvalue weighted by atomic mass is 10.1. The summed E-state index contributed by atoms with van der Waals surface area (Å²) in [5, 5.41) is 13.9. The van der Waals surface area contributed by atoms with Gasteiger partial charge in [0.1, 0.15) is 4.70 Å². The summed E-state index contributed by atoms with van der Waals surface area (Å²) in [5.41, 5.74) is 2.18. The number of thiophene rings is 1. The second-order valence-corrected chi connectivity index (χ2v) is 7.31. The number of rotatable bonds is 6. The third-order valence-electron chi connectivity index (χ3n) is 3.70. The molecular weight excluding hydrogens is 368 g/mol. The Bertz CT molecular complexity index is 1030. The molecule has 3 rings (SSSR count). The van der Waals surface area contributed by atoms with Crippen molar-refractivity contribution in [1.82, 2.24) is 9.55 Å². The van der Waals surface area contributed by atoms with Crippen molar-refractivity contribution >= 4 is 44.9 Å². The number of nitrogens with zero attached hydrogens (tertiary/aromatic N) is 3. The van der Waals surface area contributed by atoms with E-state index in [4.69, 9.17) is 5.26 Å². The van der Waals surface area contributed by atoms with Gasteiger partial charge in [0.25, 0.3) is 5.56 Å². The molecule has 3 aromatic rings. The smallest absolute Gasteiger partial charge is 0.272 e. The molecule has 1 amide bonds. The van der Waals surface area contributed by atoms with Crippen molar-refractivity contribution in [3.05, 3.63) is 51.6 Å². The van der Waals surface area contributed by atoms with Crippen molar-refractivity contribution in [1.29, 1.82) is 5.26 Å². The number of nitrogens with one attached hydrogen (secondary N) is 1. The van der Waals surface area contributed by atoms with E-state index in [-0.39, 0.29) is 17.2 Å². The van der Waals surface area contributed by atoms with Crippen molar-refractivity contribution in [3.8, 4) is 6.07 Å². The molecule has 0 aliphatic carbocycles. The molecule has 2 aromatic heterocycles. The molecule has 0 bridgehead atoms. The molecule has 0 radical (unpaired) electrons. The van der Waals surface area contributed by atoms with Gasteiger partial charge in [-0.2, -0.15) is 5.26 Å². The van der Waals surface area contributed by atoms with Crippen molar-refractivity contribution in [2.24, 2.45) is 0 Å². The summed E-state index contributed by atoms with van der Waals surface area (Å²) in [5.74, 6) is -0.0208. The summed E-state index contributed by atoms with van der Waals surface area (Å²) >= 11 is 2.62. The van der Waals surface area contributed by atoms with Gasteiger partial charge in [0.2, 0.25) is 5.91 Å². The number of amides is 1. The molecule has 1 N–H and O–H groups in total. The third-order valence-corrected chi connectivity index (χ3v) is 5.57. The topological polar surface area (TPSA) is 87.8 Å². The van der Waals surface area contributed by atoms with Gasteiger partial charge < -0.3 is 5.32 Å². The van der Waals surface area contributed by atoms with Crippen molar-refractivity contribution in [2.45, 2.75) is 25.0 Å². The molecular formula is C18H16N4O2S2. The van der Waals surface area contributed by atoms with Crippen LogP contribution in [0.4, 0.5) is 5.69 Å². The second-order valence-electron chi connectivity index (χ2n) is 5.45. The van der Waals surface area contributed by atoms with Crippen LogP contribution in [0, 0.1) is 11.3 Å². The molecule has 0 aliphatic rings. The predicted octanol–water partition coefficient (Wildman–Crippen LogP) is 3.27. The number of anilines is 1. The van der Waals surface area contributed by atoms with E-state index in [1.807, 2.05) is 30.5 Å². The number of fused-ring (bicyclic) bond motifs is 1. The average Bonchev–Trinajstić information content (AvgIpc) is 3.11. The molecule has 132 valence electrons. The summed E-state index contributed by atoms with van der Waals surface area (Å²) < 4.78 is 2.23. The van der Waals surface area contributed by atoms with Crippen LogP contribution in [-0.4, -0.2) is 21.2 Å². The highest BCUT2D eigenvalue weighted by atomic mass is 32.2. The lowest BCUT2D eigenvalue weighted by Crippen LogP contribution is -2.22. The number of hydrogen-bond acceptors (Lipinski definition) is 6. The lowest BCUT2D eigenvalue weighted by Gasteiger charge is -2.10. The molecule has 0 aliphatic heterocycles. The van der Waals surface area contributed by atoms with Crippen LogP contribution >= 0.6 is 23.1 Å². The van der Waals surface area contributed by atoms with Gasteiger partial charge in [-0.3, -0.25) is 14.2 Å². The molecule has 0 fully saturated rings. The lowest BCUT2D eigenvalue weighted by molar-refractivity contribution is -0.113. The summed E-state index contributed by atoms with van der Waals surface area (Å²) in [7, 11) is 0. The minimum atomic E-state index is -0.176. The second kappa shape index (κ2) is 8.17. The Hall–Kier alpha value is -2.63. The Morgan fingerprint density at radius 2 is 2.12 bits per heavy atom. The first-order valence-electron chi connectivity index (χ1n) is 7.99. The highest BCUT2D eigenvalue weighted by Crippen LogP contribution is 2.21. The fourth-order valence-electron chi connectivity index (χ4n) is 2.44. The zero-order valence-electron chi connectivity index (χ0n) is 14.1.